The second kappa shape index (κ2) is 6.55. The molecule has 0 saturated carbocycles. The Kier molecular flexibility index (Phi) is 5.63. The Labute approximate surface area is 118 Å². The average molecular weight is 316 g/mol. The summed E-state index contributed by atoms with van der Waals surface area (Å²) in [5.74, 6) is 0.839. The van der Waals surface area contributed by atoms with Crippen LogP contribution in [0, 0.1) is 0 Å². The number of rotatable bonds is 6. The standard InChI is InChI=1S/C14H22BrNO2/c1-10(16)11-5-6-13(12(15)9-11)18-8-7-14(2,3)17-4/h5-6,9-10H,7-8,16H2,1-4H3/t10-/m0/s1. The highest BCUT2D eigenvalue weighted by Crippen LogP contribution is 2.28. The summed E-state index contributed by atoms with van der Waals surface area (Å²) in [5, 5.41) is 0. The van der Waals surface area contributed by atoms with Crippen molar-refractivity contribution in [3.63, 3.8) is 0 Å². The predicted molar refractivity (Wildman–Crippen MR) is 77.9 cm³/mol. The molecule has 0 heterocycles. The van der Waals surface area contributed by atoms with E-state index in [2.05, 4.69) is 15.9 Å². The van der Waals surface area contributed by atoms with Crippen LogP contribution in [0.15, 0.2) is 22.7 Å². The lowest BCUT2D eigenvalue weighted by Gasteiger charge is -2.22. The average Bonchev–Trinajstić information content (AvgIpc) is 2.31. The van der Waals surface area contributed by atoms with Crippen LogP contribution in [-0.4, -0.2) is 19.3 Å². The first kappa shape index (κ1) is 15.5. The topological polar surface area (TPSA) is 44.5 Å². The molecule has 102 valence electrons. The molecule has 0 amide bonds. The van der Waals surface area contributed by atoms with Crippen molar-refractivity contribution in [3.05, 3.63) is 28.2 Å². The van der Waals surface area contributed by atoms with Crippen LogP contribution in [0.5, 0.6) is 5.75 Å². The fraction of sp³-hybridized carbons (Fsp3) is 0.571. The van der Waals surface area contributed by atoms with Crippen molar-refractivity contribution in [2.45, 2.75) is 38.8 Å². The molecule has 0 aliphatic rings. The lowest BCUT2D eigenvalue weighted by atomic mass is 10.1. The van der Waals surface area contributed by atoms with E-state index in [1.165, 1.54) is 0 Å². The predicted octanol–water partition coefficient (Wildman–Crippen LogP) is 3.66. The summed E-state index contributed by atoms with van der Waals surface area (Å²) in [6, 6.07) is 5.97. The third-order valence-corrected chi connectivity index (χ3v) is 3.62. The Bertz CT molecular complexity index is 391. The van der Waals surface area contributed by atoms with Gasteiger partial charge in [0.2, 0.25) is 0 Å². The van der Waals surface area contributed by atoms with E-state index >= 15 is 0 Å². The van der Waals surface area contributed by atoms with E-state index in [9.17, 15) is 0 Å². The molecule has 1 atom stereocenters. The molecule has 2 N–H and O–H groups in total. The lowest BCUT2D eigenvalue weighted by molar-refractivity contribution is 0.00539. The first-order chi connectivity index (χ1) is 8.35. The van der Waals surface area contributed by atoms with Gasteiger partial charge in [-0.15, -0.1) is 0 Å². The number of hydrogen-bond acceptors (Lipinski definition) is 3. The second-order valence-corrected chi connectivity index (χ2v) is 5.90. The van der Waals surface area contributed by atoms with Gasteiger partial charge in [0.15, 0.2) is 0 Å². The lowest BCUT2D eigenvalue weighted by Crippen LogP contribution is -2.25. The van der Waals surface area contributed by atoms with Crippen molar-refractivity contribution in [1.29, 1.82) is 0 Å². The van der Waals surface area contributed by atoms with Crippen LogP contribution in [0.1, 0.15) is 38.8 Å². The van der Waals surface area contributed by atoms with Crippen LogP contribution in [0.2, 0.25) is 0 Å². The summed E-state index contributed by atoms with van der Waals surface area (Å²) in [6.45, 7) is 6.68. The van der Waals surface area contributed by atoms with Crippen molar-refractivity contribution in [1.82, 2.24) is 0 Å². The van der Waals surface area contributed by atoms with Gasteiger partial charge in [0, 0.05) is 19.6 Å². The number of ether oxygens (including phenoxy) is 2. The van der Waals surface area contributed by atoms with Crippen LogP contribution in [-0.2, 0) is 4.74 Å². The molecule has 1 aromatic rings. The van der Waals surface area contributed by atoms with E-state index in [1.807, 2.05) is 39.0 Å². The van der Waals surface area contributed by atoms with E-state index in [-0.39, 0.29) is 11.6 Å². The van der Waals surface area contributed by atoms with Gasteiger partial charge in [-0.2, -0.15) is 0 Å². The summed E-state index contributed by atoms with van der Waals surface area (Å²) in [6.07, 6.45) is 0.838. The van der Waals surface area contributed by atoms with Crippen LogP contribution < -0.4 is 10.5 Å². The summed E-state index contributed by atoms with van der Waals surface area (Å²) in [4.78, 5) is 0. The van der Waals surface area contributed by atoms with E-state index in [0.717, 1.165) is 22.2 Å². The Morgan fingerprint density at radius 3 is 2.56 bits per heavy atom. The molecule has 0 unspecified atom stereocenters. The van der Waals surface area contributed by atoms with Crippen molar-refractivity contribution >= 4 is 15.9 Å². The van der Waals surface area contributed by atoms with Gasteiger partial charge < -0.3 is 15.2 Å². The minimum atomic E-state index is -0.155. The zero-order chi connectivity index (χ0) is 13.8. The van der Waals surface area contributed by atoms with Gasteiger partial charge in [0.05, 0.1) is 16.7 Å². The highest BCUT2D eigenvalue weighted by atomic mass is 79.9. The molecule has 0 aliphatic heterocycles. The fourth-order valence-electron chi connectivity index (χ4n) is 1.43. The minimum Gasteiger partial charge on any atom is -0.492 e. The summed E-state index contributed by atoms with van der Waals surface area (Å²) in [5.41, 5.74) is 6.76. The van der Waals surface area contributed by atoms with E-state index in [1.54, 1.807) is 7.11 Å². The molecule has 18 heavy (non-hydrogen) atoms. The van der Waals surface area contributed by atoms with Crippen molar-refractivity contribution in [2.24, 2.45) is 5.73 Å². The van der Waals surface area contributed by atoms with Crippen LogP contribution in [0.3, 0.4) is 0 Å². The molecule has 4 heteroatoms. The molecular weight excluding hydrogens is 294 g/mol. The smallest absolute Gasteiger partial charge is 0.133 e. The Balaban J connectivity index is 2.58. The van der Waals surface area contributed by atoms with Gasteiger partial charge in [-0.25, -0.2) is 0 Å². The van der Waals surface area contributed by atoms with E-state index in [0.29, 0.717) is 6.61 Å². The molecule has 0 fully saturated rings. The number of halogens is 1. The Morgan fingerprint density at radius 2 is 2.06 bits per heavy atom. The maximum atomic E-state index is 5.83. The maximum absolute atomic E-state index is 5.83. The van der Waals surface area contributed by atoms with Crippen molar-refractivity contribution in [3.8, 4) is 5.75 Å². The molecule has 0 spiro atoms. The molecule has 1 aromatic carbocycles. The third kappa shape index (κ3) is 4.59. The molecule has 0 aromatic heterocycles. The van der Waals surface area contributed by atoms with Gasteiger partial charge in [-0.3, -0.25) is 0 Å². The molecule has 1 rings (SSSR count). The van der Waals surface area contributed by atoms with Gasteiger partial charge in [0.25, 0.3) is 0 Å². The highest BCUT2D eigenvalue weighted by molar-refractivity contribution is 9.10. The first-order valence-corrected chi connectivity index (χ1v) is 6.88. The zero-order valence-corrected chi connectivity index (χ0v) is 13.1. The van der Waals surface area contributed by atoms with E-state index < -0.39 is 0 Å². The maximum Gasteiger partial charge on any atom is 0.133 e. The molecule has 3 nitrogen and oxygen atoms in total. The van der Waals surface area contributed by atoms with Crippen LogP contribution in [0.25, 0.3) is 0 Å². The van der Waals surface area contributed by atoms with Crippen molar-refractivity contribution < 1.29 is 9.47 Å². The number of hydrogen-bond donors (Lipinski definition) is 1. The van der Waals surface area contributed by atoms with Crippen LogP contribution >= 0.6 is 15.9 Å². The van der Waals surface area contributed by atoms with Gasteiger partial charge in [-0.05, 0) is 54.4 Å². The molecule has 0 radical (unpaired) electrons. The number of nitrogens with two attached hydrogens (primary N) is 1. The summed E-state index contributed by atoms with van der Waals surface area (Å²) in [7, 11) is 1.72. The molecule has 0 aliphatic carbocycles. The normalized spacial score (nSPS) is 13.4. The zero-order valence-electron chi connectivity index (χ0n) is 11.5. The van der Waals surface area contributed by atoms with Gasteiger partial charge in [0.1, 0.15) is 5.75 Å². The monoisotopic (exact) mass is 315 g/mol. The SMILES string of the molecule is COC(C)(C)CCOc1ccc([C@H](C)N)cc1Br. The highest BCUT2D eigenvalue weighted by Gasteiger charge is 2.16. The number of benzene rings is 1. The minimum absolute atomic E-state index is 0.0303. The van der Waals surface area contributed by atoms with Gasteiger partial charge in [-0.1, -0.05) is 6.07 Å². The second-order valence-electron chi connectivity index (χ2n) is 5.04. The Morgan fingerprint density at radius 1 is 1.39 bits per heavy atom. The summed E-state index contributed by atoms with van der Waals surface area (Å²) >= 11 is 3.50. The third-order valence-electron chi connectivity index (χ3n) is 3.00. The Hall–Kier alpha value is -0.580. The molecular formula is C14H22BrNO2. The summed E-state index contributed by atoms with van der Waals surface area (Å²) < 4.78 is 12.0. The quantitative estimate of drug-likeness (QED) is 0.871. The molecule has 0 bridgehead atoms. The fourth-order valence-corrected chi connectivity index (χ4v) is 1.94. The largest absolute Gasteiger partial charge is 0.492 e. The number of methoxy groups -OCH3 is 1. The van der Waals surface area contributed by atoms with Crippen molar-refractivity contribution in [2.75, 3.05) is 13.7 Å². The van der Waals surface area contributed by atoms with E-state index in [4.69, 9.17) is 15.2 Å². The first-order valence-electron chi connectivity index (χ1n) is 6.09. The van der Waals surface area contributed by atoms with Crippen LogP contribution in [0.4, 0.5) is 0 Å². The van der Waals surface area contributed by atoms with Gasteiger partial charge >= 0.3 is 0 Å². The molecule has 0 saturated heterocycles.